The topological polar surface area (TPSA) is 44.8 Å². The molecule has 2 aromatic carbocycles. The van der Waals surface area contributed by atoms with E-state index < -0.39 is 18.5 Å². The van der Waals surface area contributed by atoms with Crippen molar-refractivity contribution < 1.29 is 19.0 Å². The van der Waals surface area contributed by atoms with E-state index in [1.165, 1.54) is 0 Å². The van der Waals surface area contributed by atoms with Crippen LogP contribution in [0.2, 0.25) is 0 Å². The Morgan fingerprint density at radius 3 is 2.14 bits per heavy atom. The van der Waals surface area contributed by atoms with Crippen molar-refractivity contribution in [1.29, 1.82) is 0 Å². The van der Waals surface area contributed by atoms with Crippen molar-refractivity contribution in [3.05, 3.63) is 71.8 Å². The summed E-state index contributed by atoms with van der Waals surface area (Å²) in [5, 5.41) is 0. The number of carbonyl (C=O) groups excluding carboxylic acids is 1. The minimum absolute atomic E-state index is 0.414. The first kappa shape index (κ1) is 16.2. The van der Waals surface area contributed by atoms with Crippen LogP contribution < -0.4 is 0 Å². The number of benzene rings is 2. The van der Waals surface area contributed by atoms with E-state index in [1.807, 2.05) is 36.4 Å². The van der Waals surface area contributed by atoms with Crippen molar-refractivity contribution in [2.24, 2.45) is 0 Å². The smallest absolute Gasteiger partial charge is 0.340 e. The van der Waals surface area contributed by atoms with E-state index in [4.69, 9.17) is 14.2 Å². The lowest BCUT2D eigenvalue weighted by Crippen LogP contribution is -2.24. The van der Waals surface area contributed by atoms with Gasteiger partial charge in [-0.3, -0.25) is 0 Å². The number of esters is 1. The molecule has 0 radical (unpaired) electrons. The average molecular weight is 300 g/mol. The lowest BCUT2D eigenvalue weighted by Gasteiger charge is -2.19. The van der Waals surface area contributed by atoms with Gasteiger partial charge in [0, 0.05) is 0 Å². The van der Waals surface area contributed by atoms with Crippen LogP contribution in [0, 0.1) is 0 Å². The number of ether oxygens (including phenoxy) is 3. The van der Waals surface area contributed by atoms with Crippen molar-refractivity contribution in [3.63, 3.8) is 0 Å². The van der Waals surface area contributed by atoms with Gasteiger partial charge in [-0.25, -0.2) is 4.79 Å². The van der Waals surface area contributed by atoms with Gasteiger partial charge in [-0.1, -0.05) is 48.5 Å². The van der Waals surface area contributed by atoms with Crippen LogP contribution in [-0.4, -0.2) is 18.5 Å². The van der Waals surface area contributed by atoms with Gasteiger partial charge in [-0.15, -0.1) is 0 Å². The van der Waals surface area contributed by atoms with Gasteiger partial charge in [0.15, 0.2) is 6.29 Å². The molecule has 0 aliphatic heterocycles. The van der Waals surface area contributed by atoms with Crippen LogP contribution >= 0.6 is 0 Å². The lowest BCUT2D eigenvalue weighted by atomic mass is 10.2. The number of hydrogen-bond donors (Lipinski definition) is 0. The summed E-state index contributed by atoms with van der Waals surface area (Å²) >= 11 is 0. The monoisotopic (exact) mass is 300 g/mol. The Kier molecular flexibility index (Phi) is 6.13. The Hall–Kier alpha value is -2.17. The molecule has 0 N–H and O–H groups in total. The van der Waals surface area contributed by atoms with Crippen molar-refractivity contribution >= 4 is 5.97 Å². The Balaban J connectivity index is 1.74. The third kappa shape index (κ3) is 5.31. The molecule has 2 unspecified atom stereocenters. The van der Waals surface area contributed by atoms with Gasteiger partial charge >= 0.3 is 5.97 Å². The summed E-state index contributed by atoms with van der Waals surface area (Å²) in [7, 11) is 0. The van der Waals surface area contributed by atoms with E-state index in [-0.39, 0.29) is 0 Å². The molecule has 2 aromatic rings. The maximum atomic E-state index is 11.9. The minimum Gasteiger partial charge on any atom is -0.432 e. The molecule has 4 nitrogen and oxygen atoms in total. The maximum Gasteiger partial charge on any atom is 0.340 e. The van der Waals surface area contributed by atoms with Gasteiger partial charge in [0.2, 0.25) is 6.29 Å². The molecule has 22 heavy (non-hydrogen) atoms. The van der Waals surface area contributed by atoms with E-state index in [0.29, 0.717) is 12.2 Å². The molecule has 0 fully saturated rings. The fraction of sp³-hybridized carbons (Fsp3) is 0.278. The largest absolute Gasteiger partial charge is 0.432 e. The summed E-state index contributed by atoms with van der Waals surface area (Å²) in [6, 6.07) is 18.6. The molecule has 0 aliphatic rings. The molecule has 0 saturated carbocycles. The zero-order chi connectivity index (χ0) is 15.8. The van der Waals surface area contributed by atoms with Crippen LogP contribution in [-0.2, 0) is 20.8 Å². The second-order valence-corrected chi connectivity index (χ2v) is 4.84. The fourth-order valence-electron chi connectivity index (χ4n) is 1.92. The van der Waals surface area contributed by atoms with Crippen LogP contribution in [0.1, 0.15) is 29.8 Å². The molecular weight excluding hydrogens is 280 g/mol. The second kappa shape index (κ2) is 8.32. The van der Waals surface area contributed by atoms with Crippen LogP contribution in [0.15, 0.2) is 60.7 Å². The van der Waals surface area contributed by atoms with Crippen molar-refractivity contribution in [3.8, 4) is 0 Å². The number of hydrogen-bond acceptors (Lipinski definition) is 4. The molecule has 2 atom stereocenters. The van der Waals surface area contributed by atoms with E-state index in [9.17, 15) is 4.79 Å². The summed E-state index contributed by atoms with van der Waals surface area (Å²) in [6.07, 6.45) is -1.16. The highest BCUT2D eigenvalue weighted by molar-refractivity contribution is 5.89. The molecule has 0 aromatic heterocycles. The highest BCUT2D eigenvalue weighted by Gasteiger charge is 2.15. The summed E-state index contributed by atoms with van der Waals surface area (Å²) in [6.45, 7) is 3.89. The Bertz CT molecular complexity index is 568. The molecular formula is C18H20O4. The molecule has 0 spiro atoms. The van der Waals surface area contributed by atoms with Crippen LogP contribution in [0.3, 0.4) is 0 Å². The van der Waals surface area contributed by atoms with Crippen LogP contribution in [0.4, 0.5) is 0 Å². The van der Waals surface area contributed by atoms with Gasteiger partial charge < -0.3 is 14.2 Å². The molecule has 116 valence electrons. The average Bonchev–Trinajstić information content (AvgIpc) is 2.54. The predicted molar refractivity (Wildman–Crippen MR) is 83.1 cm³/mol. The normalized spacial score (nSPS) is 13.4. The van der Waals surface area contributed by atoms with E-state index in [2.05, 4.69) is 0 Å². The Morgan fingerprint density at radius 1 is 0.909 bits per heavy atom. The second-order valence-electron chi connectivity index (χ2n) is 4.84. The molecule has 0 aliphatic carbocycles. The fourth-order valence-corrected chi connectivity index (χ4v) is 1.92. The molecule has 2 rings (SSSR count). The van der Waals surface area contributed by atoms with Crippen molar-refractivity contribution in [2.75, 3.05) is 0 Å². The first-order valence-corrected chi connectivity index (χ1v) is 7.22. The molecule has 0 heterocycles. The van der Waals surface area contributed by atoms with Gasteiger partial charge in [-0.05, 0) is 31.5 Å². The molecule has 0 saturated heterocycles. The standard InChI is InChI=1S/C18H20O4/c1-14(20-13-16-9-5-3-6-10-16)21-15(2)22-18(19)17-11-7-4-8-12-17/h3-12,14-15H,13H2,1-2H3. The Labute approximate surface area is 130 Å². The lowest BCUT2D eigenvalue weighted by molar-refractivity contribution is -0.217. The van der Waals surface area contributed by atoms with E-state index in [1.54, 1.807) is 38.1 Å². The highest BCUT2D eigenvalue weighted by atomic mass is 16.8. The number of rotatable bonds is 7. The third-order valence-corrected chi connectivity index (χ3v) is 2.99. The third-order valence-electron chi connectivity index (χ3n) is 2.99. The zero-order valence-electron chi connectivity index (χ0n) is 12.8. The van der Waals surface area contributed by atoms with Gasteiger partial charge in [0.05, 0.1) is 12.2 Å². The summed E-state index contributed by atoms with van der Waals surface area (Å²) in [5.41, 5.74) is 1.56. The minimum atomic E-state index is -0.682. The quantitative estimate of drug-likeness (QED) is 0.577. The summed E-state index contributed by atoms with van der Waals surface area (Å²) < 4.78 is 16.3. The van der Waals surface area contributed by atoms with Crippen molar-refractivity contribution in [1.82, 2.24) is 0 Å². The Morgan fingerprint density at radius 2 is 1.50 bits per heavy atom. The van der Waals surface area contributed by atoms with Crippen molar-refractivity contribution in [2.45, 2.75) is 33.0 Å². The predicted octanol–water partition coefficient (Wildman–Crippen LogP) is 3.77. The van der Waals surface area contributed by atoms with Crippen LogP contribution in [0.25, 0.3) is 0 Å². The highest BCUT2D eigenvalue weighted by Crippen LogP contribution is 2.09. The van der Waals surface area contributed by atoms with Gasteiger partial charge in [0.1, 0.15) is 0 Å². The molecule has 4 heteroatoms. The van der Waals surface area contributed by atoms with E-state index in [0.717, 1.165) is 5.56 Å². The zero-order valence-corrected chi connectivity index (χ0v) is 12.8. The summed E-state index contributed by atoms with van der Waals surface area (Å²) in [5.74, 6) is -0.414. The number of carbonyl (C=O) groups is 1. The van der Waals surface area contributed by atoms with Gasteiger partial charge in [-0.2, -0.15) is 0 Å². The van der Waals surface area contributed by atoms with Crippen LogP contribution in [0.5, 0.6) is 0 Å². The molecule has 0 bridgehead atoms. The summed E-state index contributed by atoms with van der Waals surface area (Å²) in [4.78, 5) is 11.9. The first-order chi connectivity index (χ1) is 10.6. The van der Waals surface area contributed by atoms with Gasteiger partial charge in [0.25, 0.3) is 0 Å². The van der Waals surface area contributed by atoms with E-state index >= 15 is 0 Å². The first-order valence-electron chi connectivity index (χ1n) is 7.22. The maximum absolute atomic E-state index is 11.9. The molecule has 0 amide bonds. The SMILES string of the molecule is CC(OCc1ccccc1)OC(C)OC(=O)c1ccccc1.